The summed E-state index contributed by atoms with van der Waals surface area (Å²) >= 11 is 0. The van der Waals surface area contributed by atoms with E-state index in [0.717, 1.165) is 0 Å². The summed E-state index contributed by atoms with van der Waals surface area (Å²) < 4.78 is 31.9. The third-order valence-corrected chi connectivity index (χ3v) is 6.26. The zero-order valence-corrected chi connectivity index (χ0v) is 14.9. The van der Waals surface area contributed by atoms with Gasteiger partial charge in [-0.2, -0.15) is 4.31 Å². The number of rotatable bonds is 3. The number of carbonyl (C=O) groups is 1. The van der Waals surface area contributed by atoms with Crippen molar-refractivity contribution in [2.24, 2.45) is 0 Å². The number of hydrogen-bond acceptors (Lipinski definition) is 5. The third kappa shape index (κ3) is 3.52. The second-order valence-electron chi connectivity index (χ2n) is 5.84. The summed E-state index contributed by atoms with van der Waals surface area (Å²) in [5.74, 6) is 0.279. The Labute approximate surface area is 146 Å². The minimum Gasteiger partial charge on any atom is -0.360 e. The monoisotopic (exact) mass is 364 g/mol. The van der Waals surface area contributed by atoms with E-state index >= 15 is 0 Å². The second kappa shape index (κ2) is 6.85. The van der Waals surface area contributed by atoms with E-state index in [1.54, 1.807) is 30.9 Å². The number of nitrogens with one attached hydrogen (secondary N) is 1. The zero-order valence-electron chi connectivity index (χ0n) is 14.1. The van der Waals surface area contributed by atoms with Gasteiger partial charge in [-0.05, 0) is 26.0 Å². The Morgan fingerprint density at radius 2 is 1.76 bits per heavy atom. The number of nitrogens with zero attached hydrogens (tertiary/aromatic N) is 3. The highest BCUT2D eigenvalue weighted by atomic mass is 32.2. The van der Waals surface area contributed by atoms with Gasteiger partial charge in [-0.1, -0.05) is 23.4 Å². The van der Waals surface area contributed by atoms with Crippen molar-refractivity contribution in [1.29, 1.82) is 0 Å². The van der Waals surface area contributed by atoms with Crippen molar-refractivity contribution in [3.05, 3.63) is 41.8 Å². The smallest absolute Gasteiger partial charge is 0.321 e. The van der Waals surface area contributed by atoms with E-state index in [-0.39, 0.29) is 29.8 Å². The number of para-hydroxylation sites is 1. The van der Waals surface area contributed by atoms with Crippen molar-refractivity contribution in [2.75, 3.05) is 31.5 Å². The van der Waals surface area contributed by atoms with Gasteiger partial charge in [0.05, 0.1) is 0 Å². The summed E-state index contributed by atoms with van der Waals surface area (Å²) in [6.45, 7) is 4.29. The van der Waals surface area contributed by atoms with Gasteiger partial charge in [-0.3, -0.25) is 0 Å². The van der Waals surface area contributed by atoms with Gasteiger partial charge < -0.3 is 14.7 Å². The van der Waals surface area contributed by atoms with Crippen LogP contribution >= 0.6 is 0 Å². The summed E-state index contributed by atoms with van der Waals surface area (Å²) in [4.78, 5) is 14.0. The summed E-state index contributed by atoms with van der Waals surface area (Å²) in [6.07, 6.45) is 0. The largest absolute Gasteiger partial charge is 0.360 e. The number of benzene rings is 1. The normalized spacial score (nSPS) is 16.0. The molecule has 0 unspecified atom stereocenters. The molecule has 1 aliphatic heterocycles. The number of hydrogen-bond donors (Lipinski definition) is 1. The molecular formula is C16H20N4O4S. The highest BCUT2D eigenvalue weighted by molar-refractivity contribution is 7.89. The molecular weight excluding hydrogens is 344 g/mol. The fourth-order valence-electron chi connectivity index (χ4n) is 2.83. The van der Waals surface area contributed by atoms with Crippen LogP contribution in [0.3, 0.4) is 0 Å². The molecule has 2 aromatic rings. The molecule has 0 saturated carbocycles. The predicted octanol–water partition coefficient (Wildman–Crippen LogP) is 1.83. The second-order valence-corrected chi connectivity index (χ2v) is 7.72. The van der Waals surface area contributed by atoms with Crippen molar-refractivity contribution in [1.82, 2.24) is 14.4 Å². The van der Waals surface area contributed by atoms with Crippen molar-refractivity contribution >= 4 is 21.7 Å². The lowest BCUT2D eigenvalue weighted by Crippen LogP contribution is -2.51. The molecule has 25 heavy (non-hydrogen) atoms. The van der Waals surface area contributed by atoms with Crippen molar-refractivity contribution in [3.63, 3.8) is 0 Å². The lowest BCUT2D eigenvalue weighted by molar-refractivity contribution is 0.184. The average molecular weight is 364 g/mol. The first-order valence-electron chi connectivity index (χ1n) is 7.93. The molecule has 9 heteroatoms. The van der Waals surface area contributed by atoms with E-state index in [4.69, 9.17) is 4.52 Å². The Morgan fingerprint density at radius 1 is 1.12 bits per heavy atom. The fraction of sp³-hybridized carbons (Fsp3) is 0.375. The number of piperazine rings is 1. The summed E-state index contributed by atoms with van der Waals surface area (Å²) in [6, 6.07) is 8.91. The Bertz CT molecular complexity index is 836. The minimum absolute atomic E-state index is 0.120. The van der Waals surface area contributed by atoms with Crippen LogP contribution in [0.2, 0.25) is 0 Å². The number of urea groups is 1. The lowest BCUT2D eigenvalue weighted by Gasteiger charge is -2.33. The van der Waals surface area contributed by atoms with Gasteiger partial charge in [0.15, 0.2) is 5.76 Å². The SMILES string of the molecule is Cc1noc(C)c1S(=O)(=O)N1CCN(C(=O)Nc2ccccc2)CC1. The van der Waals surface area contributed by atoms with Crippen LogP contribution in [0.4, 0.5) is 10.5 Å². The van der Waals surface area contributed by atoms with Gasteiger partial charge in [0, 0.05) is 31.9 Å². The Morgan fingerprint density at radius 3 is 2.32 bits per heavy atom. The molecule has 2 heterocycles. The van der Waals surface area contributed by atoms with Crippen LogP contribution in [0.25, 0.3) is 0 Å². The molecule has 0 aliphatic carbocycles. The summed E-state index contributed by atoms with van der Waals surface area (Å²) in [7, 11) is -3.67. The molecule has 1 aromatic heterocycles. The van der Waals surface area contributed by atoms with Gasteiger partial charge >= 0.3 is 6.03 Å². The van der Waals surface area contributed by atoms with Crippen LogP contribution in [0.15, 0.2) is 39.8 Å². The molecule has 134 valence electrons. The van der Waals surface area contributed by atoms with Gasteiger partial charge in [-0.25, -0.2) is 13.2 Å². The zero-order chi connectivity index (χ0) is 18.0. The van der Waals surface area contributed by atoms with E-state index in [1.165, 1.54) is 4.31 Å². The highest BCUT2D eigenvalue weighted by Gasteiger charge is 2.34. The van der Waals surface area contributed by atoms with Crippen LogP contribution < -0.4 is 5.32 Å². The Hall–Kier alpha value is -2.39. The third-order valence-electron chi connectivity index (χ3n) is 4.12. The maximum atomic E-state index is 12.8. The molecule has 0 atom stereocenters. The molecule has 1 saturated heterocycles. The van der Waals surface area contributed by atoms with E-state index < -0.39 is 10.0 Å². The van der Waals surface area contributed by atoms with Crippen LogP contribution in [0.1, 0.15) is 11.5 Å². The van der Waals surface area contributed by atoms with Gasteiger partial charge in [-0.15, -0.1) is 0 Å². The van der Waals surface area contributed by atoms with E-state index in [2.05, 4.69) is 10.5 Å². The quantitative estimate of drug-likeness (QED) is 0.896. The number of sulfonamides is 1. The van der Waals surface area contributed by atoms with Crippen LogP contribution in [0, 0.1) is 13.8 Å². The van der Waals surface area contributed by atoms with Crippen molar-refractivity contribution < 1.29 is 17.7 Å². The van der Waals surface area contributed by atoms with E-state index in [0.29, 0.717) is 24.5 Å². The number of anilines is 1. The Balaban J connectivity index is 1.65. The maximum absolute atomic E-state index is 12.8. The average Bonchev–Trinajstić information content (AvgIpc) is 2.95. The molecule has 8 nitrogen and oxygen atoms in total. The molecule has 1 aliphatic rings. The summed E-state index contributed by atoms with van der Waals surface area (Å²) in [5.41, 5.74) is 1.06. The first-order chi connectivity index (χ1) is 11.9. The molecule has 1 aromatic carbocycles. The van der Waals surface area contributed by atoms with Crippen molar-refractivity contribution in [2.45, 2.75) is 18.7 Å². The topological polar surface area (TPSA) is 95.8 Å². The minimum atomic E-state index is -3.67. The van der Waals surface area contributed by atoms with E-state index in [9.17, 15) is 13.2 Å². The van der Waals surface area contributed by atoms with Crippen LogP contribution in [0.5, 0.6) is 0 Å². The molecule has 0 radical (unpaired) electrons. The number of aromatic nitrogens is 1. The van der Waals surface area contributed by atoms with Crippen LogP contribution in [-0.4, -0.2) is 55.0 Å². The molecule has 1 N–H and O–H groups in total. The number of aryl methyl sites for hydroxylation is 2. The van der Waals surface area contributed by atoms with Crippen molar-refractivity contribution in [3.8, 4) is 0 Å². The molecule has 0 spiro atoms. The number of amides is 2. The maximum Gasteiger partial charge on any atom is 0.321 e. The Kier molecular flexibility index (Phi) is 4.78. The fourth-order valence-corrected chi connectivity index (χ4v) is 4.54. The highest BCUT2D eigenvalue weighted by Crippen LogP contribution is 2.24. The molecule has 2 amide bonds. The van der Waals surface area contributed by atoms with Gasteiger partial charge in [0.25, 0.3) is 0 Å². The van der Waals surface area contributed by atoms with Crippen LogP contribution in [-0.2, 0) is 10.0 Å². The van der Waals surface area contributed by atoms with Gasteiger partial charge in [0.1, 0.15) is 10.6 Å². The molecule has 0 bridgehead atoms. The standard InChI is InChI=1S/C16H20N4O4S/c1-12-15(13(2)24-18-12)25(22,23)20-10-8-19(9-11-20)16(21)17-14-6-4-3-5-7-14/h3-7H,8-11H2,1-2H3,(H,17,21). The first kappa shape index (κ1) is 17.4. The first-order valence-corrected chi connectivity index (χ1v) is 9.37. The number of carbonyl (C=O) groups excluding carboxylic acids is 1. The van der Waals surface area contributed by atoms with E-state index in [1.807, 2.05) is 18.2 Å². The predicted molar refractivity (Wildman–Crippen MR) is 91.8 cm³/mol. The molecule has 1 fully saturated rings. The summed E-state index contributed by atoms with van der Waals surface area (Å²) in [5, 5.41) is 6.52. The van der Waals surface area contributed by atoms with Gasteiger partial charge in [0.2, 0.25) is 10.0 Å². The lowest BCUT2D eigenvalue weighted by atomic mass is 10.3. The molecule has 3 rings (SSSR count).